The van der Waals surface area contributed by atoms with Crippen molar-refractivity contribution in [2.45, 2.75) is 52.0 Å². The first-order valence-electron chi connectivity index (χ1n) is 11.4. The fraction of sp³-hybridized carbons (Fsp3) is 0.385. The number of ether oxygens (including phenoxy) is 1. The Bertz CT molecular complexity index is 1060. The summed E-state index contributed by atoms with van der Waals surface area (Å²) >= 11 is 0. The van der Waals surface area contributed by atoms with Gasteiger partial charge in [-0.15, -0.1) is 0 Å². The summed E-state index contributed by atoms with van der Waals surface area (Å²) in [6, 6.07) is 11.9. The summed E-state index contributed by atoms with van der Waals surface area (Å²) in [6.45, 7) is 6.56. The van der Waals surface area contributed by atoms with E-state index in [0.717, 1.165) is 24.0 Å². The van der Waals surface area contributed by atoms with Gasteiger partial charge >= 0.3 is 5.97 Å². The SMILES string of the molecule is CCOC(=O)C1CCCCN1C(=O)/C=C/c1cccc([N+](=O)[O-])c1-c1ccccc1C(C)C. The first-order valence-corrected chi connectivity index (χ1v) is 11.4. The van der Waals surface area contributed by atoms with Crippen molar-refractivity contribution in [3.8, 4) is 11.1 Å². The molecule has 33 heavy (non-hydrogen) atoms. The van der Waals surface area contributed by atoms with Gasteiger partial charge in [0.2, 0.25) is 5.91 Å². The summed E-state index contributed by atoms with van der Waals surface area (Å²) in [7, 11) is 0. The molecular formula is C26H30N2O5. The van der Waals surface area contributed by atoms with Crippen LogP contribution in [0, 0.1) is 10.1 Å². The highest BCUT2D eigenvalue weighted by Crippen LogP contribution is 2.38. The van der Waals surface area contributed by atoms with Crippen LogP contribution in [0.5, 0.6) is 0 Å². The maximum atomic E-state index is 13.0. The van der Waals surface area contributed by atoms with Gasteiger partial charge in [-0.25, -0.2) is 4.79 Å². The Balaban J connectivity index is 2.01. The molecule has 0 spiro atoms. The highest BCUT2D eigenvalue weighted by molar-refractivity contribution is 5.96. The molecule has 2 aromatic rings. The topological polar surface area (TPSA) is 89.8 Å². The molecule has 1 aliphatic rings. The number of carbonyl (C=O) groups excluding carboxylic acids is 2. The van der Waals surface area contributed by atoms with Gasteiger partial charge in [0.1, 0.15) is 6.04 Å². The third kappa shape index (κ3) is 5.48. The molecule has 1 saturated heterocycles. The lowest BCUT2D eigenvalue weighted by atomic mass is 9.89. The van der Waals surface area contributed by atoms with Crippen molar-refractivity contribution in [1.82, 2.24) is 4.90 Å². The molecule has 1 aliphatic heterocycles. The van der Waals surface area contributed by atoms with E-state index in [1.807, 2.05) is 38.1 Å². The number of hydrogen-bond acceptors (Lipinski definition) is 5. The third-order valence-corrected chi connectivity index (χ3v) is 5.87. The Morgan fingerprint density at radius 3 is 2.64 bits per heavy atom. The predicted molar refractivity (Wildman–Crippen MR) is 128 cm³/mol. The number of benzene rings is 2. The zero-order valence-electron chi connectivity index (χ0n) is 19.3. The summed E-state index contributed by atoms with van der Waals surface area (Å²) in [6.07, 6.45) is 5.26. The minimum atomic E-state index is -0.595. The number of nitro groups is 1. The lowest BCUT2D eigenvalue weighted by Gasteiger charge is -2.33. The maximum absolute atomic E-state index is 13.0. The molecule has 0 N–H and O–H groups in total. The molecule has 0 saturated carbocycles. The van der Waals surface area contributed by atoms with Crippen LogP contribution in [0.2, 0.25) is 0 Å². The molecule has 1 heterocycles. The van der Waals surface area contributed by atoms with Crippen LogP contribution < -0.4 is 0 Å². The minimum Gasteiger partial charge on any atom is -0.464 e. The van der Waals surface area contributed by atoms with Gasteiger partial charge in [0, 0.05) is 18.7 Å². The molecule has 7 heteroatoms. The van der Waals surface area contributed by atoms with E-state index in [4.69, 9.17) is 4.74 Å². The average molecular weight is 451 g/mol. The van der Waals surface area contributed by atoms with Gasteiger partial charge in [0.25, 0.3) is 5.69 Å². The Kier molecular flexibility index (Phi) is 7.98. The van der Waals surface area contributed by atoms with E-state index in [1.54, 1.807) is 25.1 Å². The fourth-order valence-electron chi connectivity index (χ4n) is 4.31. The van der Waals surface area contributed by atoms with Crippen LogP contribution in [-0.2, 0) is 14.3 Å². The van der Waals surface area contributed by atoms with Crippen molar-refractivity contribution in [2.24, 2.45) is 0 Å². The van der Waals surface area contributed by atoms with E-state index in [1.165, 1.54) is 17.0 Å². The van der Waals surface area contributed by atoms with Crippen molar-refractivity contribution in [1.29, 1.82) is 0 Å². The summed E-state index contributed by atoms with van der Waals surface area (Å²) in [5, 5.41) is 11.8. The second kappa shape index (κ2) is 10.9. The second-order valence-corrected chi connectivity index (χ2v) is 8.37. The molecular weight excluding hydrogens is 420 g/mol. The Morgan fingerprint density at radius 1 is 1.18 bits per heavy atom. The molecule has 1 unspecified atom stereocenters. The Hall–Kier alpha value is -3.48. The van der Waals surface area contributed by atoms with E-state index in [0.29, 0.717) is 24.1 Å². The molecule has 7 nitrogen and oxygen atoms in total. The van der Waals surface area contributed by atoms with Gasteiger partial charge < -0.3 is 9.64 Å². The number of rotatable bonds is 7. The number of nitrogens with zero attached hydrogens (tertiary/aromatic N) is 2. The average Bonchev–Trinajstić information content (AvgIpc) is 2.82. The van der Waals surface area contributed by atoms with Crippen molar-refractivity contribution in [3.63, 3.8) is 0 Å². The number of likely N-dealkylation sites (tertiary alicyclic amines) is 1. The highest BCUT2D eigenvalue weighted by Gasteiger charge is 2.32. The highest BCUT2D eigenvalue weighted by atomic mass is 16.6. The van der Waals surface area contributed by atoms with Crippen LogP contribution in [0.3, 0.4) is 0 Å². The molecule has 1 amide bonds. The van der Waals surface area contributed by atoms with E-state index in [-0.39, 0.29) is 30.1 Å². The largest absolute Gasteiger partial charge is 0.464 e. The van der Waals surface area contributed by atoms with Crippen molar-refractivity contribution in [2.75, 3.05) is 13.2 Å². The second-order valence-electron chi connectivity index (χ2n) is 8.37. The quantitative estimate of drug-likeness (QED) is 0.246. The Morgan fingerprint density at radius 2 is 1.94 bits per heavy atom. The number of esters is 1. The molecule has 1 atom stereocenters. The molecule has 3 rings (SSSR count). The van der Waals surface area contributed by atoms with Gasteiger partial charge in [-0.2, -0.15) is 0 Å². The van der Waals surface area contributed by atoms with E-state index in [9.17, 15) is 19.7 Å². The normalized spacial score (nSPS) is 16.2. The molecule has 174 valence electrons. The lowest BCUT2D eigenvalue weighted by molar-refractivity contribution is -0.384. The number of carbonyl (C=O) groups is 2. The van der Waals surface area contributed by atoms with E-state index >= 15 is 0 Å². The summed E-state index contributed by atoms with van der Waals surface area (Å²) in [5.74, 6) is -0.527. The van der Waals surface area contributed by atoms with Gasteiger partial charge in [0.05, 0.1) is 17.1 Å². The van der Waals surface area contributed by atoms with Crippen LogP contribution in [-0.4, -0.2) is 40.9 Å². The van der Waals surface area contributed by atoms with Crippen LogP contribution in [0.1, 0.15) is 57.1 Å². The first-order chi connectivity index (χ1) is 15.8. The Labute approximate surface area is 194 Å². The lowest BCUT2D eigenvalue weighted by Crippen LogP contribution is -2.48. The minimum absolute atomic E-state index is 0.0138. The van der Waals surface area contributed by atoms with Crippen LogP contribution in [0.4, 0.5) is 5.69 Å². The molecule has 0 aromatic heterocycles. The van der Waals surface area contributed by atoms with E-state index < -0.39 is 11.0 Å². The van der Waals surface area contributed by atoms with Crippen LogP contribution in [0.25, 0.3) is 17.2 Å². The summed E-state index contributed by atoms with van der Waals surface area (Å²) < 4.78 is 5.15. The van der Waals surface area contributed by atoms with Crippen molar-refractivity contribution in [3.05, 3.63) is 69.8 Å². The zero-order valence-corrected chi connectivity index (χ0v) is 19.3. The van der Waals surface area contributed by atoms with Gasteiger partial charge in [-0.3, -0.25) is 14.9 Å². The number of amides is 1. The fourth-order valence-corrected chi connectivity index (χ4v) is 4.31. The summed E-state index contributed by atoms with van der Waals surface area (Å²) in [5.41, 5.74) is 2.81. The molecule has 0 bridgehead atoms. The number of piperidine rings is 1. The molecule has 1 fully saturated rings. The third-order valence-electron chi connectivity index (χ3n) is 5.87. The number of hydrogen-bond donors (Lipinski definition) is 0. The summed E-state index contributed by atoms with van der Waals surface area (Å²) in [4.78, 5) is 38.4. The van der Waals surface area contributed by atoms with Crippen LogP contribution in [0.15, 0.2) is 48.5 Å². The number of nitro benzene ring substituents is 1. The molecule has 0 aliphatic carbocycles. The maximum Gasteiger partial charge on any atom is 0.328 e. The zero-order chi connectivity index (χ0) is 24.0. The van der Waals surface area contributed by atoms with Crippen LogP contribution >= 0.6 is 0 Å². The van der Waals surface area contributed by atoms with Crippen molar-refractivity contribution >= 4 is 23.6 Å². The monoisotopic (exact) mass is 450 g/mol. The van der Waals surface area contributed by atoms with Crippen molar-refractivity contribution < 1.29 is 19.2 Å². The van der Waals surface area contributed by atoms with Gasteiger partial charge in [-0.05, 0) is 54.9 Å². The molecule has 0 radical (unpaired) electrons. The molecule has 2 aromatic carbocycles. The standard InChI is InChI=1S/C26H30N2O5/c1-4-33-26(30)23-13-7-8-17-27(23)24(29)16-15-19-10-9-14-22(28(31)32)25(19)21-12-6-5-11-20(21)18(2)3/h5-6,9-12,14-16,18,23H,4,7-8,13,17H2,1-3H3/b16-15+. The van der Waals surface area contributed by atoms with E-state index in [2.05, 4.69) is 0 Å². The first kappa shape index (κ1) is 24.2. The smallest absolute Gasteiger partial charge is 0.328 e. The van der Waals surface area contributed by atoms with Gasteiger partial charge in [-0.1, -0.05) is 50.2 Å². The predicted octanol–water partition coefficient (Wildman–Crippen LogP) is 5.34. The van der Waals surface area contributed by atoms with Gasteiger partial charge in [0.15, 0.2) is 0 Å².